The Balaban J connectivity index is 1.89. The predicted molar refractivity (Wildman–Crippen MR) is 55.7 cm³/mol. The quantitative estimate of drug-likeness (QED) is 0.426. The van der Waals surface area contributed by atoms with Crippen LogP contribution in [0, 0.1) is 17.8 Å². The number of hydroxylamine groups is 2. The molecule has 1 heterocycles. The predicted octanol–water partition coefficient (Wildman–Crippen LogP) is 0.719. The molecular formula is C10H8F3NO5S. The van der Waals surface area contributed by atoms with E-state index in [2.05, 4.69) is 4.28 Å². The number of nitrogens with zero attached hydrogens (tertiary/aromatic N) is 1. The summed E-state index contributed by atoms with van der Waals surface area (Å²) >= 11 is 0. The average Bonchev–Trinajstić information content (AvgIpc) is 2.97. The molecule has 3 atom stereocenters. The molecule has 3 unspecified atom stereocenters. The summed E-state index contributed by atoms with van der Waals surface area (Å²) in [5.74, 6) is -3.88. The second kappa shape index (κ2) is 3.82. The average molecular weight is 311 g/mol. The molecule has 3 aliphatic rings. The van der Waals surface area contributed by atoms with Gasteiger partial charge in [0.05, 0.1) is 11.8 Å². The highest BCUT2D eigenvalue weighted by molar-refractivity contribution is 7.87. The SMILES string of the molecule is O=C1C2C3=CCC(C3)C2C(=O)N1OS(=O)(=O)C(F)(F)F. The first kappa shape index (κ1) is 13.6. The van der Waals surface area contributed by atoms with E-state index in [4.69, 9.17) is 0 Å². The van der Waals surface area contributed by atoms with Crippen molar-refractivity contribution in [2.75, 3.05) is 0 Å². The second-order valence-electron chi connectivity index (χ2n) is 4.93. The number of rotatable bonds is 2. The minimum atomic E-state index is -6.03. The molecule has 1 saturated carbocycles. The number of carbonyl (C=O) groups is 2. The number of allylic oxidation sites excluding steroid dienone is 1. The number of amides is 2. The van der Waals surface area contributed by atoms with Gasteiger partial charge in [-0.25, -0.2) is 0 Å². The van der Waals surface area contributed by atoms with Gasteiger partial charge < -0.3 is 0 Å². The minimum Gasteiger partial charge on any atom is -0.272 e. The molecule has 0 N–H and O–H groups in total. The van der Waals surface area contributed by atoms with E-state index in [-0.39, 0.29) is 11.0 Å². The fourth-order valence-electron chi connectivity index (χ4n) is 3.04. The Morgan fingerprint density at radius 3 is 2.45 bits per heavy atom. The molecule has 0 spiro atoms. The third-order valence-corrected chi connectivity index (χ3v) is 4.77. The molecular weight excluding hydrogens is 303 g/mol. The lowest BCUT2D eigenvalue weighted by Gasteiger charge is -2.16. The molecule has 10 heteroatoms. The lowest BCUT2D eigenvalue weighted by molar-refractivity contribution is -0.169. The van der Waals surface area contributed by atoms with Gasteiger partial charge in [-0.2, -0.15) is 21.6 Å². The summed E-state index contributed by atoms with van der Waals surface area (Å²) in [4.78, 5) is 23.8. The van der Waals surface area contributed by atoms with Crippen molar-refractivity contribution in [1.29, 1.82) is 0 Å². The Morgan fingerprint density at radius 2 is 1.90 bits per heavy atom. The molecule has 6 nitrogen and oxygen atoms in total. The molecule has 2 amide bonds. The number of hydrogen-bond acceptors (Lipinski definition) is 5. The van der Waals surface area contributed by atoms with Crippen LogP contribution in [-0.4, -0.2) is 30.8 Å². The van der Waals surface area contributed by atoms with Gasteiger partial charge in [0.25, 0.3) is 11.8 Å². The normalized spacial score (nSPS) is 32.9. The number of hydrogen-bond donors (Lipinski definition) is 0. The monoisotopic (exact) mass is 311 g/mol. The van der Waals surface area contributed by atoms with Crippen LogP contribution < -0.4 is 0 Å². The largest absolute Gasteiger partial charge is 0.525 e. The molecule has 2 bridgehead atoms. The third-order valence-electron chi connectivity index (χ3n) is 3.85. The standard InChI is InChI=1S/C10H8F3NO5S/c11-10(12,13)20(17,18)19-14-8(15)6-4-1-2-5(3-4)7(6)9(14)16/h1,5-7H,2-3H2. The fraction of sp³-hybridized carbons (Fsp3) is 0.600. The van der Waals surface area contributed by atoms with Gasteiger partial charge in [-0.1, -0.05) is 11.6 Å². The van der Waals surface area contributed by atoms with E-state index < -0.39 is 39.3 Å². The van der Waals surface area contributed by atoms with Crippen LogP contribution in [0.15, 0.2) is 11.6 Å². The summed E-state index contributed by atoms with van der Waals surface area (Å²) < 4.78 is 62.2. The van der Waals surface area contributed by atoms with Crippen molar-refractivity contribution < 1.29 is 35.5 Å². The van der Waals surface area contributed by atoms with E-state index >= 15 is 0 Å². The number of alkyl halides is 3. The van der Waals surface area contributed by atoms with Crippen LogP contribution >= 0.6 is 0 Å². The lowest BCUT2D eigenvalue weighted by Crippen LogP contribution is -2.39. The third kappa shape index (κ3) is 1.64. The molecule has 0 aromatic heterocycles. The van der Waals surface area contributed by atoms with E-state index in [1.807, 2.05) is 0 Å². The van der Waals surface area contributed by atoms with E-state index in [0.717, 1.165) is 0 Å². The molecule has 3 rings (SSSR count). The van der Waals surface area contributed by atoms with Crippen LogP contribution in [0.3, 0.4) is 0 Å². The summed E-state index contributed by atoms with van der Waals surface area (Å²) in [5.41, 5.74) is -5.02. The van der Waals surface area contributed by atoms with Crippen LogP contribution in [0.1, 0.15) is 12.8 Å². The van der Waals surface area contributed by atoms with E-state index in [0.29, 0.717) is 18.4 Å². The van der Waals surface area contributed by atoms with Crippen molar-refractivity contribution in [1.82, 2.24) is 5.06 Å². The van der Waals surface area contributed by atoms with Gasteiger partial charge in [-0.05, 0) is 18.8 Å². The number of halogens is 3. The van der Waals surface area contributed by atoms with Gasteiger partial charge in [0.2, 0.25) is 0 Å². The van der Waals surface area contributed by atoms with Gasteiger partial charge in [-0.3, -0.25) is 9.59 Å². The van der Waals surface area contributed by atoms with Crippen LogP contribution in [0.5, 0.6) is 0 Å². The van der Waals surface area contributed by atoms with E-state index in [1.54, 1.807) is 6.08 Å². The van der Waals surface area contributed by atoms with Crippen LogP contribution in [0.4, 0.5) is 13.2 Å². The van der Waals surface area contributed by atoms with Crippen molar-refractivity contribution in [2.45, 2.75) is 18.3 Å². The van der Waals surface area contributed by atoms with Crippen LogP contribution in [0.2, 0.25) is 0 Å². The molecule has 110 valence electrons. The maximum Gasteiger partial charge on any atom is 0.525 e. The lowest BCUT2D eigenvalue weighted by atomic mass is 9.86. The van der Waals surface area contributed by atoms with Crippen molar-refractivity contribution >= 4 is 21.9 Å². The maximum atomic E-state index is 12.2. The zero-order valence-corrected chi connectivity index (χ0v) is 10.6. The van der Waals surface area contributed by atoms with Gasteiger partial charge >= 0.3 is 15.6 Å². The Hall–Kier alpha value is -1.42. The molecule has 0 aromatic rings. The molecule has 1 saturated heterocycles. The number of carbonyl (C=O) groups excluding carboxylic acids is 2. The molecule has 0 aromatic carbocycles. The highest BCUT2D eigenvalue weighted by Gasteiger charge is 2.61. The summed E-state index contributed by atoms with van der Waals surface area (Å²) in [6, 6.07) is 0. The smallest absolute Gasteiger partial charge is 0.272 e. The van der Waals surface area contributed by atoms with Gasteiger partial charge in [0, 0.05) is 0 Å². The van der Waals surface area contributed by atoms with Crippen molar-refractivity contribution in [3.05, 3.63) is 11.6 Å². The first-order valence-electron chi connectivity index (χ1n) is 5.71. The molecule has 2 fully saturated rings. The number of imide groups is 1. The molecule has 20 heavy (non-hydrogen) atoms. The highest BCUT2D eigenvalue weighted by atomic mass is 32.2. The van der Waals surface area contributed by atoms with Crippen molar-refractivity contribution in [3.63, 3.8) is 0 Å². The summed E-state index contributed by atoms with van der Waals surface area (Å²) in [6.45, 7) is 0. The molecule has 2 aliphatic carbocycles. The van der Waals surface area contributed by atoms with Gasteiger partial charge in [0.15, 0.2) is 0 Å². The maximum absolute atomic E-state index is 12.2. The van der Waals surface area contributed by atoms with Crippen LogP contribution in [-0.2, 0) is 24.0 Å². The summed E-state index contributed by atoms with van der Waals surface area (Å²) in [7, 11) is -6.03. The van der Waals surface area contributed by atoms with Gasteiger partial charge in [0.1, 0.15) is 0 Å². The first-order valence-corrected chi connectivity index (χ1v) is 7.12. The Bertz CT molecular complexity index is 638. The Labute approximate surface area is 111 Å². The zero-order chi connectivity index (χ0) is 14.9. The molecule has 1 aliphatic heterocycles. The molecule has 0 radical (unpaired) electrons. The van der Waals surface area contributed by atoms with Crippen molar-refractivity contribution in [2.24, 2.45) is 17.8 Å². The highest BCUT2D eigenvalue weighted by Crippen LogP contribution is 2.53. The second-order valence-corrected chi connectivity index (χ2v) is 6.45. The fourth-order valence-corrected chi connectivity index (χ4v) is 3.47. The first-order chi connectivity index (χ1) is 9.13. The number of fused-ring (bicyclic) bond motifs is 5. The van der Waals surface area contributed by atoms with E-state index in [1.165, 1.54) is 0 Å². The van der Waals surface area contributed by atoms with Crippen molar-refractivity contribution in [3.8, 4) is 0 Å². The Morgan fingerprint density at radius 1 is 1.25 bits per heavy atom. The zero-order valence-electron chi connectivity index (χ0n) is 9.75. The van der Waals surface area contributed by atoms with E-state index in [9.17, 15) is 31.2 Å². The topological polar surface area (TPSA) is 80.8 Å². The minimum absolute atomic E-state index is 0.159. The summed E-state index contributed by atoms with van der Waals surface area (Å²) in [5, 5.41) is -0.247. The van der Waals surface area contributed by atoms with Gasteiger partial charge in [-0.15, -0.1) is 9.35 Å². The Kier molecular flexibility index (Phi) is 2.59. The van der Waals surface area contributed by atoms with Crippen LogP contribution in [0.25, 0.3) is 0 Å². The summed E-state index contributed by atoms with van der Waals surface area (Å²) in [6.07, 6.45) is 2.88.